The summed E-state index contributed by atoms with van der Waals surface area (Å²) >= 11 is 5.29. The van der Waals surface area contributed by atoms with Gasteiger partial charge in [0.1, 0.15) is 0 Å². The van der Waals surface area contributed by atoms with Gasteiger partial charge in [0.2, 0.25) is 0 Å². The second-order valence-corrected chi connectivity index (χ2v) is 6.00. The molecule has 0 unspecified atom stereocenters. The molecule has 2 aromatic rings. The molecule has 2 aromatic carbocycles. The molecule has 0 fully saturated rings. The molecule has 0 aromatic heterocycles. The predicted molar refractivity (Wildman–Crippen MR) is 97.2 cm³/mol. The Morgan fingerprint density at radius 1 is 1.13 bits per heavy atom. The van der Waals surface area contributed by atoms with Crippen molar-refractivity contribution in [3.05, 3.63) is 64.7 Å². The van der Waals surface area contributed by atoms with Crippen molar-refractivity contribution in [1.82, 2.24) is 5.43 Å². The van der Waals surface area contributed by atoms with Crippen LogP contribution in [0.1, 0.15) is 33.5 Å². The van der Waals surface area contributed by atoms with Gasteiger partial charge >= 0.3 is 0 Å². The molecule has 0 saturated heterocycles. The molecule has 0 heterocycles. The van der Waals surface area contributed by atoms with Gasteiger partial charge in [-0.1, -0.05) is 36.4 Å². The van der Waals surface area contributed by atoms with Crippen LogP contribution in [0.2, 0.25) is 0 Å². The molecule has 0 spiro atoms. The predicted octanol–water partition coefficient (Wildman–Crippen LogP) is 3.58. The van der Waals surface area contributed by atoms with Gasteiger partial charge < -0.3 is 5.32 Å². The van der Waals surface area contributed by atoms with Crippen molar-refractivity contribution in [2.24, 2.45) is 5.10 Å². The molecule has 1 aliphatic rings. The molecule has 0 bridgehead atoms. The number of rotatable bonds is 2. The molecular weight excluding hydrogens is 306 g/mol. The zero-order chi connectivity index (χ0) is 16.4. The second kappa shape index (κ2) is 6.30. The smallest absolute Gasteiger partial charge is 0.191 e. The van der Waals surface area contributed by atoms with Crippen LogP contribution in [0.3, 0.4) is 0 Å². The maximum absolute atomic E-state index is 11.9. The number of fused-ring (bicyclic) bond motifs is 1. The number of ketones is 1. The number of nitrogens with one attached hydrogen (secondary N) is 2. The lowest BCUT2D eigenvalue weighted by atomic mass is 10.1. The monoisotopic (exact) mass is 323 g/mol. The fourth-order valence-electron chi connectivity index (χ4n) is 2.56. The van der Waals surface area contributed by atoms with E-state index in [1.54, 1.807) is 0 Å². The van der Waals surface area contributed by atoms with E-state index in [0.29, 0.717) is 11.5 Å². The molecule has 5 heteroatoms. The van der Waals surface area contributed by atoms with E-state index in [1.165, 1.54) is 0 Å². The third kappa shape index (κ3) is 3.29. The number of aryl methyl sites for hydroxylation is 2. The first-order chi connectivity index (χ1) is 11.0. The Morgan fingerprint density at radius 2 is 1.87 bits per heavy atom. The normalized spacial score (nSPS) is 14.7. The van der Waals surface area contributed by atoms with E-state index in [-0.39, 0.29) is 5.78 Å². The number of hydrogen-bond donors (Lipinski definition) is 2. The number of carbonyl (C=O) groups is 1. The number of carbonyl (C=O) groups excluding carboxylic acids is 1. The number of nitrogens with zero attached hydrogens (tertiary/aromatic N) is 1. The van der Waals surface area contributed by atoms with Gasteiger partial charge in [-0.25, -0.2) is 0 Å². The molecule has 23 heavy (non-hydrogen) atoms. The molecule has 0 aliphatic heterocycles. The molecule has 1 aliphatic carbocycles. The summed E-state index contributed by atoms with van der Waals surface area (Å²) in [5, 5.41) is 7.85. The fourth-order valence-corrected chi connectivity index (χ4v) is 2.71. The summed E-state index contributed by atoms with van der Waals surface area (Å²) < 4.78 is 0. The Morgan fingerprint density at radius 3 is 2.65 bits per heavy atom. The first kappa shape index (κ1) is 15.4. The Bertz CT molecular complexity index is 827. The molecule has 0 amide bonds. The van der Waals surface area contributed by atoms with E-state index in [9.17, 15) is 4.79 Å². The van der Waals surface area contributed by atoms with Crippen LogP contribution in [0.15, 0.2) is 47.6 Å². The van der Waals surface area contributed by atoms with Gasteiger partial charge in [-0.2, -0.15) is 5.10 Å². The highest BCUT2D eigenvalue weighted by Gasteiger charge is 2.24. The van der Waals surface area contributed by atoms with Crippen LogP contribution in [-0.4, -0.2) is 16.6 Å². The van der Waals surface area contributed by atoms with Crippen molar-refractivity contribution < 1.29 is 4.79 Å². The van der Waals surface area contributed by atoms with Crippen molar-refractivity contribution in [1.29, 1.82) is 0 Å². The maximum atomic E-state index is 11.9. The summed E-state index contributed by atoms with van der Waals surface area (Å²) in [5.74, 6) is 0.0922. The third-order valence-electron chi connectivity index (χ3n) is 3.80. The third-order valence-corrected chi connectivity index (χ3v) is 3.99. The average molecular weight is 323 g/mol. The largest absolute Gasteiger partial charge is 0.331 e. The number of benzene rings is 2. The van der Waals surface area contributed by atoms with E-state index in [1.807, 2.05) is 50.2 Å². The minimum atomic E-state index is 0.0922. The number of thiocarbonyl (C=S) groups is 1. The number of Topliss-reactive ketones (excluding diaryl/α,β-unsaturated/α-hetero) is 1. The lowest BCUT2D eigenvalue weighted by Crippen LogP contribution is -2.25. The lowest BCUT2D eigenvalue weighted by Gasteiger charge is -2.11. The zero-order valence-corrected chi connectivity index (χ0v) is 13.8. The van der Waals surface area contributed by atoms with Gasteiger partial charge in [-0.05, 0) is 43.3 Å². The Kier molecular flexibility index (Phi) is 4.21. The molecule has 0 radical (unpaired) electrons. The lowest BCUT2D eigenvalue weighted by molar-refractivity contribution is 0.101. The molecular formula is C18H17N3OS. The first-order valence-electron chi connectivity index (χ1n) is 7.38. The highest BCUT2D eigenvalue weighted by Crippen LogP contribution is 2.22. The van der Waals surface area contributed by atoms with Crippen molar-refractivity contribution in [2.45, 2.75) is 20.3 Å². The van der Waals surface area contributed by atoms with Gasteiger partial charge in [0.25, 0.3) is 0 Å². The highest BCUT2D eigenvalue weighted by atomic mass is 32.1. The molecule has 116 valence electrons. The van der Waals surface area contributed by atoms with Crippen LogP contribution in [0, 0.1) is 13.8 Å². The molecule has 2 N–H and O–H groups in total. The van der Waals surface area contributed by atoms with Crippen molar-refractivity contribution >= 4 is 34.5 Å². The minimum absolute atomic E-state index is 0.0922. The number of hydrazone groups is 1. The number of anilines is 1. The molecule has 0 saturated carbocycles. The summed E-state index contributed by atoms with van der Waals surface area (Å²) in [6, 6.07) is 13.6. The summed E-state index contributed by atoms with van der Waals surface area (Å²) in [6.45, 7) is 4.05. The van der Waals surface area contributed by atoms with Crippen LogP contribution >= 0.6 is 12.2 Å². The Balaban J connectivity index is 1.72. The van der Waals surface area contributed by atoms with E-state index >= 15 is 0 Å². The first-order valence-corrected chi connectivity index (χ1v) is 7.79. The van der Waals surface area contributed by atoms with Crippen molar-refractivity contribution in [2.75, 3.05) is 5.32 Å². The van der Waals surface area contributed by atoms with E-state index < -0.39 is 0 Å². The van der Waals surface area contributed by atoms with E-state index in [0.717, 1.165) is 33.7 Å². The summed E-state index contributed by atoms with van der Waals surface area (Å²) in [5.41, 5.74) is 8.36. The minimum Gasteiger partial charge on any atom is -0.331 e. The summed E-state index contributed by atoms with van der Waals surface area (Å²) in [4.78, 5) is 11.9. The van der Waals surface area contributed by atoms with E-state index in [2.05, 4.69) is 21.9 Å². The SMILES string of the molecule is Cc1ccc(C)c(NC(=S)N/N=C2\CC(=O)c3ccccc32)c1. The van der Waals surface area contributed by atoms with Crippen LogP contribution in [-0.2, 0) is 0 Å². The quantitative estimate of drug-likeness (QED) is 0.655. The second-order valence-electron chi connectivity index (χ2n) is 5.59. The van der Waals surface area contributed by atoms with E-state index in [4.69, 9.17) is 12.2 Å². The average Bonchev–Trinajstić information content (AvgIpc) is 2.86. The van der Waals surface area contributed by atoms with Crippen LogP contribution < -0.4 is 10.7 Å². The Labute approximate surface area is 140 Å². The van der Waals surface area contributed by atoms with Crippen LogP contribution in [0.4, 0.5) is 5.69 Å². The fraction of sp³-hybridized carbons (Fsp3) is 0.167. The van der Waals surface area contributed by atoms with Gasteiger partial charge in [-0.3, -0.25) is 10.2 Å². The molecule has 4 nitrogen and oxygen atoms in total. The maximum Gasteiger partial charge on any atom is 0.191 e. The van der Waals surface area contributed by atoms with Gasteiger partial charge in [0.15, 0.2) is 10.9 Å². The summed E-state index contributed by atoms with van der Waals surface area (Å²) in [7, 11) is 0. The van der Waals surface area contributed by atoms with Gasteiger partial charge in [-0.15, -0.1) is 0 Å². The standard InChI is InChI=1S/C18H17N3OS/c1-11-7-8-12(2)15(9-11)19-18(23)21-20-16-10-17(22)14-6-4-3-5-13(14)16/h3-9H,10H2,1-2H3,(H2,19,21,23)/b20-16+. The molecule has 3 rings (SSSR count). The van der Waals surface area contributed by atoms with Crippen LogP contribution in [0.5, 0.6) is 0 Å². The topological polar surface area (TPSA) is 53.5 Å². The van der Waals surface area contributed by atoms with Crippen LogP contribution in [0.25, 0.3) is 0 Å². The van der Waals surface area contributed by atoms with Crippen molar-refractivity contribution in [3.63, 3.8) is 0 Å². The number of hydrogen-bond acceptors (Lipinski definition) is 3. The molecule has 0 atom stereocenters. The Hall–Kier alpha value is -2.53. The van der Waals surface area contributed by atoms with Gasteiger partial charge in [0, 0.05) is 16.8 Å². The van der Waals surface area contributed by atoms with Gasteiger partial charge in [0.05, 0.1) is 12.1 Å². The summed E-state index contributed by atoms with van der Waals surface area (Å²) in [6.07, 6.45) is 0.304. The zero-order valence-electron chi connectivity index (χ0n) is 13.0. The van der Waals surface area contributed by atoms with Crippen molar-refractivity contribution in [3.8, 4) is 0 Å². The highest BCUT2D eigenvalue weighted by molar-refractivity contribution is 7.80.